The van der Waals surface area contributed by atoms with Crippen molar-refractivity contribution in [2.24, 2.45) is 0 Å². The summed E-state index contributed by atoms with van der Waals surface area (Å²) in [6, 6.07) is 46.8. The zero-order valence-corrected chi connectivity index (χ0v) is 37.1. The van der Waals surface area contributed by atoms with Gasteiger partial charge in [-0.15, -0.1) is 0 Å². The predicted octanol–water partition coefficient (Wildman–Crippen LogP) is 10.7. The number of rotatable bonds is 6. The van der Waals surface area contributed by atoms with Gasteiger partial charge < -0.3 is 0 Å². The van der Waals surface area contributed by atoms with Gasteiger partial charge in [0.25, 0.3) is 0 Å². The summed E-state index contributed by atoms with van der Waals surface area (Å²) in [7, 11) is 4.40. The van der Waals surface area contributed by atoms with Crippen LogP contribution in [0.25, 0.3) is 28.2 Å². The molecule has 295 valence electrons. The first-order valence-electron chi connectivity index (χ1n) is 20.3. The van der Waals surface area contributed by atoms with E-state index in [0.29, 0.717) is 0 Å². The Morgan fingerprint density at radius 1 is 0.517 bits per heavy atom. The molecule has 2 atom stereocenters. The van der Waals surface area contributed by atoms with E-state index in [1.807, 2.05) is 0 Å². The van der Waals surface area contributed by atoms with Crippen molar-refractivity contribution >= 4 is 8.54 Å². The molecule has 0 aliphatic carbocycles. The van der Waals surface area contributed by atoms with Crippen LogP contribution in [0.3, 0.4) is 0 Å². The Morgan fingerprint density at radius 2 is 1.00 bits per heavy atom. The van der Waals surface area contributed by atoms with E-state index in [0.717, 1.165) is 17.1 Å². The predicted molar refractivity (Wildman–Crippen MR) is 236 cm³/mol. The SMILES string of the molecule is CC(C)c1cc(-c2ccccc2)cc(C(C)C)c1-n1cc2nc1-c1cccc(c1)C(C)(c1ccccc1)N1C=CN(C)[C]1=[Ir]=[C]1N(C)C=CN1[C@@]2(C)c1ccccc1. The van der Waals surface area contributed by atoms with Gasteiger partial charge in [0.1, 0.15) is 0 Å². The molecule has 6 aromatic rings. The standard InChI is InChI=1S/C51H52N6.Ir/c1-37(2)45-32-41(39-19-12-9-13-20-39)33-46(38(3)4)48(45)57-34-47(51(6,43-24-16-11-17-25-43)56-30-28-54(8)36-56)52-49(57)40-21-18-26-44(31-40)50(5,42-22-14-10-15-23-42)55-29-27-53(7)35-55;/h9-34,37-38H,1-8H3;/t50?,51-;/m0./s1. The molecule has 3 aliphatic heterocycles. The molecule has 4 bridgehead atoms. The van der Waals surface area contributed by atoms with Crippen LogP contribution in [-0.2, 0) is 27.9 Å². The Morgan fingerprint density at radius 3 is 1.55 bits per heavy atom. The molecule has 4 heterocycles. The second-order valence-electron chi connectivity index (χ2n) is 16.6. The molecule has 3 aliphatic rings. The van der Waals surface area contributed by atoms with Crippen LogP contribution in [0.1, 0.15) is 86.9 Å². The minimum atomic E-state index is -0.940. The topological polar surface area (TPSA) is 30.8 Å². The fourth-order valence-electron chi connectivity index (χ4n) is 8.78. The maximum atomic E-state index is 5.85. The van der Waals surface area contributed by atoms with E-state index in [1.165, 1.54) is 53.2 Å². The molecular weight excluding hydrogens is 889 g/mol. The first-order chi connectivity index (χ1) is 28.0. The summed E-state index contributed by atoms with van der Waals surface area (Å²) < 4.78 is 5.08. The molecule has 5 aromatic carbocycles. The molecule has 0 radical (unpaired) electrons. The van der Waals surface area contributed by atoms with E-state index in [1.54, 1.807) is 0 Å². The van der Waals surface area contributed by atoms with Crippen LogP contribution in [0.5, 0.6) is 0 Å². The minimum absolute atomic E-state index is 0.266. The second-order valence-corrected chi connectivity index (χ2v) is 19.3. The Labute approximate surface area is 351 Å². The third-order valence-electron chi connectivity index (χ3n) is 12.2. The van der Waals surface area contributed by atoms with E-state index in [-0.39, 0.29) is 11.8 Å². The van der Waals surface area contributed by atoms with Crippen molar-refractivity contribution in [3.8, 4) is 28.2 Å². The maximum absolute atomic E-state index is 5.85. The Balaban J connectivity index is 1.42. The van der Waals surface area contributed by atoms with Crippen LogP contribution in [0.4, 0.5) is 0 Å². The van der Waals surface area contributed by atoms with Crippen molar-refractivity contribution in [3.05, 3.63) is 192 Å². The average Bonchev–Trinajstić information content (AvgIpc) is 3.97. The van der Waals surface area contributed by atoms with Crippen molar-refractivity contribution in [2.75, 3.05) is 14.1 Å². The van der Waals surface area contributed by atoms with Crippen LogP contribution in [0, 0.1) is 0 Å². The molecule has 6 nitrogen and oxygen atoms in total. The van der Waals surface area contributed by atoms with Gasteiger partial charge in [-0.2, -0.15) is 0 Å². The summed E-state index contributed by atoms with van der Waals surface area (Å²) in [5.41, 5.74) is 10.9. The molecule has 0 amide bonds. The first kappa shape index (κ1) is 37.9. The van der Waals surface area contributed by atoms with E-state index in [9.17, 15) is 0 Å². The molecule has 58 heavy (non-hydrogen) atoms. The van der Waals surface area contributed by atoms with E-state index in [2.05, 4.69) is 238 Å². The summed E-state index contributed by atoms with van der Waals surface area (Å²) in [6.07, 6.45) is 11.4. The fraction of sp³-hybridized carbons (Fsp3) is 0.235. The van der Waals surface area contributed by atoms with Crippen LogP contribution >= 0.6 is 0 Å². The molecule has 0 saturated carbocycles. The fourth-order valence-corrected chi connectivity index (χ4v) is 12.5. The molecular formula is C51H52IrN6. The number of nitrogens with zero attached hydrogens (tertiary/aromatic N) is 6. The van der Waals surface area contributed by atoms with Crippen LogP contribution < -0.4 is 0 Å². The van der Waals surface area contributed by atoms with E-state index in [4.69, 9.17) is 4.98 Å². The summed E-state index contributed by atoms with van der Waals surface area (Å²) in [5, 5.41) is 0. The third kappa shape index (κ3) is 6.06. The molecule has 0 saturated heterocycles. The molecule has 0 fully saturated rings. The summed E-state index contributed by atoms with van der Waals surface area (Å²) in [4.78, 5) is 15.6. The second kappa shape index (κ2) is 14.6. The Bertz CT molecular complexity index is 2610. The van der Waals surface area contributed by atoms with Crippen molar-refractivity contribution < 1.29 is 16.8 Å². The molecule has 1 unspecified atom stereocenters. The van der Waals surface area contributed by atoms with Crippen molar-refractivity contribution in [3.63, 3.8) is 0 Å². The van der Waals surface area contributed by atoms with Gasteiger partial charge in [0.2, 0.25) is 0 Å². The zero-order valence-electron chi connectivity index (χ0n) is 34.7. The quantitative estimate of drug-likeness (QED) is 0.166. The Hall–Kier alpha value is -5.62. The van der Waals surface area contributed by atoms with E-state index >= 15 is 0 Å². The van der Waals surface area contributed by atoms with Gasteiger partial charge in [0, 0.05) is 0 Å². The van der Waals surface area contributed by atoms with Crippen molar-refractivity contribution in [1.82, 2.24) is 29.2 Å². The van der Waals surface area contributed by atoms with Crippen molar-refractivity contribution in [2.45, 2.75) is 64.5 Å². The molecule has 7 heteroatoms. The third-order valence-corrected chi connectivity index (χ3v) is 16.2. The summed E-state index contributed by atoms with van der Waals surface area (Å²) in [5.74, 6) is 1.47. The summed E-state index contributed by atoms with van der Waals surface area (Å²) in [6.45, 7) is 14.1. The van der Waals surface area contributed by atoms with Gasteiger partial charge in [0.05, 0.1) is 0 Å². The van der Waals surface area contributed by atoms with Crippen LogP contribution in [0.15, 0.2) is 158 Å². The number of benzene rings is 5. The van der Waals surface area contributed by atoms with Gasteiger partial charge in [0.15, 0.2) is 0 Å². The van der Waals surface area contributed by atoms with Crippen molar-refractivity contribution in [1.29, 1.82) is 0 Å². The van der Waals surface area contributed by atoms with Gasteiger partial charge >= 0.3 is 335 Å². The van der Waals surface area contributed by atoms with Gasteiger partial charge in [-0.1, -0.05) is 18.2 Å². The molecule has 0 spiro atoms. The van der Waals surface area contributed by atoms with Gasteiger partial charge in [-0.25, -0.2) is 0 Å². The number of imidazole rings is 1. The zero-order chi connectivity index (χ0) is 40.3. The average molecular weight is 941 g/mol. The number of aromatic nitrogens is 2. The van der Waals surface area contributed by atoms with Gasteiger partial charge in [-0.3, -0.25) is 0 Å². The number of hydrogen-bond donors (Lipinski definition) is 0. The normalized spacial score (nSPS) is 20.1. The monoisotopic (exact) mass is 941 g/mol. The Kier molecular flexibility index (Phi) is 9.57. The van der Waals surface area contributed by atoms with E-state index < -0.39 is 27.9 Å². The number of hydrogen-bond acceptors (Lipinski definition) is 5. The molecule has 0 N–H and O–H groups in total. The molecule has 9 rings (SSSR count). The summed E-state index contributed by atoms with van der Waals surface area (Å²) >= 11 is -0.940. The van der Waals surface area contributed by atoms with Gasteiger partial charge in [-0.05, 0) is 0 Å². The van der Waals surface area contributed by atoms with Crippen LogP contribution in [-0.4, -0.2) is 51.8 Å². The number of fused-ring (bicyclic) bond motifs is 7. The van der Waals surface area contributed by atoms with Crippen LogP contribution in [0.2, 0.25) is 0 Å². The molecule has 1 aromatic heterocycles. The first-order valence-corrected chi connectivity index (χ1v) is 22.7.